The zero-order chi connectivity index (χ0) is 15.5. The lowest BCUT2D eigenvalue weighted by molar-refractivity contribution is -0.135. The van der Waals surface area contributed by atoms with E-state index in [4.69, 9.17) is 0 Å². The van der Waals surface area contributed by atoms with Gasteiger partial charge in [-0.3, -0.25) is 14.6 Å². The SMILES string of the molecule is CC1CC(C)CN(C(=O)CN2CCN(C3CCNC3)CC2)C1.Cl. The van der Waals surface area contributed by atoms with E-state index in [1.165, 1.54) is 12.8 Å². The molecule has 3 aliphatic heterocycles. The molecule has 3 atom stereocenters. The van der Waals surface area contributed by atoms with E-state index in [1.807, 2.05) is 0 Å². The Morgan fingerprint density at radius 3 is 2.30 bits per heavy atom. The second-order valence-electron chi connectivity index (χ2n) is 7.70. The van der Waals surface area contributed by atoms with Crippen LogP contribution in [0.1, 0.15) is 26.7 Å². The van der Waals surface area contributed by atoms with Gasteiger partial charge in [0.25, 0.3) is 0 Å². The maximum atomic E-state index is 12.6. The van der Waals surface area contributed by atoms with Crippen LogP contribution < -0.4 is 5.32 Å². The molecule has 0 aromatic carbocycles. The Hall–Kier alpha value is -0.360. The second kappa shape index (κ2) is 8.65. The topological polar surface area (TPSA) is 38.8 Å². The molecule has 6 heteroatoms. The molecular weight excluding hydrogens is 312 g/mol. The molecule has 5 nitrogen and oxygen atoms in total. The molecule has 0 bridgehead atoms. The predicted molar refractivity (Wildman–Crippen MR) is 96.1 cm³/mol. The van der Waals surface area contributed by atoms with E-state index >= 15 is 0 Å². The van der Waals surface area contributed by atoms with Crippen molar-refractivity contribution in [1.29, 1.82) is 0 Å². The highest BCUT2D eigenvalue weighted by molar-refractivity contribution is 5.85. The van der Waals surface area contributed by atoms with Crippen LogP contribution >= 0.6 is 12.4 Å². The summed E-state index contributed by atoms with van der Waals surface area (Å²) in [5.41, 5.74) is 0. The minimum atomic E-state index is 0. The number of hydrogen-bond acceptors (Lipinski definition) is 4. The van der Waals surface area contributed by atoms with Crippen LogP contribution in [0.2, 0.25) is 0 Å². The fourth-order valence-electron chi connectivity index (χ4n) is 4.40. The highest BCUT2D eigenvalue weighted by Crippen LogP contribution is 2.21. The number of piperazine rings is 1. The van der Waals surface area contributed by atoms with Crippen molar-refractivity contribution in [3.05, 3.63) is 0 Å². The molecule has 0 spiro atoms. The van der Waals surface area contributed by atoms with Crippen molar-refractivity contribution >= 4 is 18.3 Å². The first-order valence-electron chi connectivity index (χ1n) is 9.06. The number of halogens is 1. The summed E-state index contributed by atoms with van der Waals surface area (Å²) in [7, 11) is 0. The van der Waals surface area contributed by atoms with E-state index in [2.05, 4.69) is 33.9 Å². The molecular formula is C17H33ClN4O. The molecule has 3 unspecified atom stereocenters. The van der Waals surface area contributed by atoms with Gasteiger partial charge in [0.05, 0.1) is 6.54 Å². The third-order valence-electron chi connectivity index (χ3n) is 5.54. The van der Waals surface area contributed by atoms with Gasteiger partial charge in [-0.2, -0.15) is 0 Å². The molecule has 3 aliphatic rings. The van der Waals surface area contributed by atoms with Crippen molar-refractivity contribution < 1.29 is 4.79 Å². The lowest BCUT2D eigenvalue weighted by Crippen LogP contribution is -2.54. The number of rotatable bonds is 3. The van der Waals surface area contributed by atoms with Crippen molar-refractivity contribution in [2.45, 2.75) is 32.7 Å². The summed E-state index contributed by atoms with van der Waals surface area (Å²) in [5, 5.41) is 3.45. The molecule has 0 aliphatic carbocycles. The van der Waals surface area contributed by atoms with Crippen LogP contribution in [0, 0.1) is 11.8 Å². The van der Waals surface area contributed by atoms with Gasteiger partial charge in [-0.25, -0.2) is 0 Å². The summed E-state index contributed by atoms with van der Waals surface area (Å²) in [6.45, 7) is 13.7. The third-order valence-corrected chi connectivity index (χ3v) is 5.54. The van der Waals surface area contributed by atoms with Gasteiger partial charge in [-0.1, -0.05) is 13.8 Å². The van der Waals surface area contributed by atoms with Gasteiger partial charge in [-0.05, 0) is 31.2 Å². The van der Waals surface area contributed by atoms with E-state index in [0.29, 0.717) is 24.3 Å². The number of nitrogens with one attached hydrogen (secondary N) is 1. The number of nitrogens with zero attached hydrogens (tertiary/aromatic N) is 3. The van der Waals surface area contributed by atoms with Crippen molar-refractivity contribution in [3.8, 4) is 0 Å². The Morgan fingerprint density at radius 2 is 1.74 bits per heavy atom. The molecule has 3 rings (SSSR count). The lowest BCUT2D eigenvalue weighted by atomic mass is 9.92. The Morgan fingerprint density at radius 1 is 1.09 bits per heavy atom. The standard InChI is InChI=1S/C17H32N4O.ClH/c1-14-9-15(2)12-21(11-14)17(22)13-19-5-7-20(8-6-19)16-3-4-18-10-16;/h14-16,18H,3-13H2,1-2H3;1H. The zero-order valence-electron chi connectivity index (χ0n) is 14.7. The number of piperidine rings is 1. The van der Waals surface area contributed by atoms with Crippen molar-refractivity contribution in [1.82, 2.24) is 20.0 Å². The predicted octanol–water partition coefficient (Wildman–Crippen LogP) is 0.892. The first-order valence-corrected chi connectivity index (χ1v) is 9.06. The fourth-order valence-corrected chi connectivity index (χ4v) is 4.40. The highest BCUT2D eigenvalue weighted by atomic mass is 35.5. The van der Waals surface area contributed by atoms with E-state index < -0.39 is 0 Å². The quantitative estimate of drug-likeness (QED) is 0.825. The summed E-state index contributed by atoms with van der Waals surface area (Å²) in [6.07, 6.45) is 2.54. The number of hydrogen-bond donors (Lipinski definition) is 1. The van der Waals surface area contributed by atoms with Crippen molar-refractivity contribution in [2.24, 2.45) is 11.8 Å². The number of likely N-dealkylation sites (tertiary alicyclic amines) is 1. The molecule has 1 N–H and O–H groups in total. The van der Waals surface area contributed by atoms with Gasteiger partial charge in [0.15, 0.2) is 0 Å². The van der Waals surface area contributed by atoms with E-state index in [1.54, 1.807) is 0 Å². The number of carbonyl (C=O) groups is 1. The maximum absolute atomic E-state index is 12.6. The average molecular weight is 345 g/mol. The summed E-state index contributed by atoms with van der Waals surface area (Å²) >= 11 is 0. The molecule has 0 saturated carbocycles. The fraction of sp³-hybridized carbons (Fsp3) is 0.941. The Labute approximate surface area is 147 Å². The van der Waals surface area contributed by atoms with Crippen LogP contribution in [0.4, 0.5) is 0 Å². The number of amides is 1. The Kier molecular flexibility index (Phi) is 7.14. The van der Waals surface area contributed by atoms with Crippen LogP contribution in [-0.2, 0) is 4.79 Å². The monoisotopic (exact) mass is 344 g/mol. The third kappa shape index (κ3) is 5.05. The normalized spacial score (nSPS) is 33.5. The summed E-state index contributed by atoms with van der Waals surface area (Å²) in [6, 6.07) is 0.724. The Balaban J connectivity index is 0.00000192. The molecule has 1 amide bonds. The lowest BCUT2D eigenvalue weighted by Gasteiger charge is -2.39. The first-order chi connectivity index (χ1) is 10.6. The van der Waals surface area contributed by atoms with Crippen LogP contribution in [0.3, 0.4) is 0 Å². The van der Waals surface area contributed by atoms with Crippen LogP contribution in [0.5, 0.6) is 0 Å². The maximum Gasteiger partial charge on any atom is 0.236 e. The van der Waals surface area contributed by atoms with Crippen LogP contribution in [0.25, 0.3) is 0 Å². The van der Waals surface area contributed by atoms with E-state index in [9.17, 15) is 4.79 Å². The van der Waals surface area contributed by atoms with Crippen molar-refractivity contribution in [2.75, 3.05) is 58.9 Å². The summed E-state index contributed by atoms with van der Waals surface area (Å²) in [5.74, 6) is 1.65. The van der Waals surface area contributed by atoms with Crippen molar-refractivity contribution in [3.63, 3.8) is 0 Å². The zero-order valence-corrected chi connectivity index (χ0v) is 15.5. The van der Waals surface area contributed by atoms with Gasteiger partial charge in [0.2, 0.25) is 5.91 Å². The van der Waals surface area contributed by atoms with Gasteiger partial charge >= 0.3 is 0 Å². The Bertz CT molecular complexity index is 371. The molecule has 0 aromatic heterocycles. The molecule has 3 heterocycles. The summed E-state index contributed by atoms with van der Waals surface area (Å²) < 4.78 is 0. The summed E-state index contributed by atoms with van der Waals surface area (Å²) in [4.78, 5) is 19.6. The second-order valence-corrected chi connectivity index (χ2v) is 7.70. The first kappa shape index (κ1) is 19.0. The van der Waals surface area contributed by atoms with Gasteiger partial charge in [0.1, 0.15) is 0 Å². The van der Waals surface area contributed by atoms with E-state index in [-0.39, 0.29) is 12.4 Å². The van der Waals surface area contributed by atoms with Crippen LogP contribution in [0.15, 0.2) is 0 Å². The average Bonchev–Trinajstić information content (AvgIpc) is 3.01. The molecule has 3 saturated heterocycles. The smallest absolute Gasteiger partial charge is 0.236 e. The highest BCUT2D eigenvalue weighted by Gasteiger charge is 2.29. The molecule has 3 fully saturated rings. The molecule has 0 aromatic rings. The number of carbonyl (C=O) groups excluding carboxylic acids is 1. The van der Waals surface area contributed by atoms with E-state index in [0.717, 1.165) is 58.4 Å². The van der Waals surface area contributed by atoms with Crippen LogP contribution in [-0.4, -0.2) is 85.6 Å². The molecule has 23 heavy (non-hydrogen) atoms. The molecule has 0 radical (unpaired) electrons. The largest absolute Gasteiger partial charge is 0.341 e. The minimum absolute atomic E-state index is 0. The van der Waals surface area contributed by atoms with Gasteiger partial charge in [-0.15, -0.1) is 12.4 Å². The van der Waals surface area contributed by atoms with Gasteiger partial charge < -0.3 is 10.2 Å². The van der Waals surface area contributed by atoms with Gasteiger partial charge in [0, 0.05) is 51.9 Å². The minimum Gasteiger partial charge on any atom is -0.341 e. The molecule has 134 valence electrons.